The Labute approximate surface area is 167 Å². The third-order valence-electron chi connectivity index (χ3n) is 4.98. The topological polar surface area (TPSA) is 79.2 Å². The summed E-state index contributed by atoms with van der Waals surface area (Å²) in [6.45, 7) is 0. The lowest BCUT2D eigenvalue weighted by Gasteiger charge is -2.16. The number of nitrogens with zero attached hydrogens (tertiary/aromatic N) is 1. The third-order valence-corrected chi connectivity index (χ3v) is 6.09. The number of ether oxygens (including phenoxy) is 1. The van der Waals surface area contributed by atoms with Gasteiger partial charge in [0.1, 0.15) is 22.8 Å². The minimum Gasteiger partial charge on any atom is -0.456 e. The van der Waals surface area contributed by atoms with Gasteiger partial charge in [-0.1, -0.05) is 17.8 Å². The van der Waals surface area contributed by atoms with Crippen molar-refractivity contribution >= 4 is 22.9 Å². The summed E-state index contributed by atoms with van der Waals surface area (Å²) < 4.78 is 44.1. The van der Waals surface area contributed by atoms with E-state index in [1.807, 2.05) is 0 Å². The van der Waals surface area contributed by atoms with Crippen LogP contribution in [0.25, 0.3) is 0 Å². The number of rotatable bonds is 3. The van der Waals surface area contributed by atoms with E-state index in [1.165, 1.54) is 0 Å². The number of carbonyl (C=O) groups is 2. The maximum Gasteiger partial charge on any atom is 0.416 e. The van der Waals surface area contributed by atoms with Crippen molar-refractivity contribution in [3.63, 3.8) is 0 Å². The average molecular weight is 418 g/mol. The Morgan fingerprint density at radius 3 is 2.62 bits per heavy atom. The predicted molar refractivity (Wildman–Crippen MR) is 98.7 cm³/mol. The summed E-state index contributed by atoms with van der Waals surface area (Å²) >= 11 is 0.991. The molecule has 1 saturated heterocycles. The smallest absolute Gasteiger partial charge is 0.416 e. The van der Waals surface area contributed by atoms with Crippen LogP contribution < -0.4 is 10.1 Å². The lowest BCUT2D eigenvalue weighted by Crippen LogP contribution is -2.27. The molecule has 4 rings (SSSR count). The lowest BCUT2D eigenvalue weighted by atomic mass is 9.97. The van der Waals surface area contributed by atoms with Crippen molar-refractivity contribution in [3.05, 3.63) is 58.7 Å². The third kappa shape index (κ3) is 3.68. The fourth-order valence-corrected chi connectivity index (χ4v) is 4.65. The van der Waals surface area contributed by atoms with Crippen molar-refractivity contribution in [3.8, 4) is 17.6 Å². The van der Waals surface area contributed by atoms with Crippen molar-refractivity contribution in [2.75, 3.05) is 0 Å². The van der Waals surface area contributed by atoms with Gasteiger partial charge in [0.25, 0.3) is 5.24 Å². The maximum atomic E-state index is 12.8. The minimum absolute atomic E-state index is 0.0336. The summed E-state index contributed by atoms with van der Waals surface area (Å²) in [7, 11) is 0. The van der Waals surface area contributed by atoms with Crippen molar-refractivity contribution in [2.24, 2.45) is 0 Å². The molecule has 1 N–H and O–H groups in total. The molecule has 0 spiro atoms. The zero-order valence-electron chi connectivity index (χ0n) is 14.7. The number of carbonyl (C=O) groups excluding carboxylic acids is 2. The molecule has 1 fully saturated rings. The summed E-state index contributed by atoms with van der Waals surface area (Å²) in [5.41, 5.74) is 0.772. The Morgan fingerprint density at radius 2 is 1.97 bits per heavy atom. The highest BCUT2D eigenvalue weighted by molar-refractivity contribution is 8.15. The van der Waals surface area contributed by atoms with Crippen molar-refractivity contribution in [2.45, 2.75) is 30.2 Å². The van der Waals surface area contributed by atoms with Gasteiger partial charge < -0.3 is 4.74 Å². The Bertz CT molecular complexity index is 1060. The maximum absolute atomic E-state index is 12.8. The molecule has 0 bridgehead atoms. The zero-order valence-corrected chi connectivity index (χ0v) is 15.6. The Kier molecular flexibility index (Phi) is 4.74. The van der Waals surface area contributed by atoms with Gasteiger partial charge in [0.2, 0.25) is 5.91 Å². The number of aryl methyl sites for hydroxylation is 1. The highest BCUT2D eigenvalue weighted by Gasteiger charge is 2.41. The summed E-state index contributed by atoms with van der Waals surface area (Å²) in [5.74, 6) is 0.0458. The standard InChI is InChI=1S/C20H13F3N2O3S/c21-20(22,23)12-2-6-16(11(7-12)9-24)28-13-3-5-14-10(8-13)1-4-15(14)17-18(26)25-19(27)29-17/h2-3,5-8,15,17H,1,4H2,(H,25,26,27)/t15-,17?/m1/s1. The minimum atomic E-state index is -4.54. The van der Waals surface area contributed by atoms with Crippen LogP contribution in [0.15, 0.2) is 36.4 Å². The number of hydrogen-bond donors (Lipinski definition) is 1. The Hall–Kier alpha value is -2.99. The molecule has 5 nitrogen and oxygen atoms in total. The second-order valence-corrected chi connectivity index (χ2v) is 7.86. The van der Waals surface area contributed by atoms with E-state index < -0.39 is 17.0 Å². The number of thioether (sulfide) groups is 1. The molecule has 2 amide bonds. The summed E-state index contributed by atoms with van der Waals surface area (Å²) in [5, 5.41) is 10.7. The number of hydrogen-bond acceptors (Lipinski definition) is 5. The summed E-state index contributed by atoms with van der Waals surface area (Å²) in [6, 6.07) is 9.69. The first-order chi connectivity index (χ1) is 13.8. The highest BCUT2D eigenvalue weighted by atomic mass is 32.2. The van der Waals surface area contributed by atoms with E-state index in [0.29, 0.717) is 18.6 Å². The fraction of sp³-hybridized carbons (Fsp3) is 0.250. The number of nitrogens with one attached hydrogen (secondary N) is 1. The van der Waals surface area contributed by atoms with Gasteiger partial charge in [-0.3, -0.25) is 14.9 Å². The number of benzene rings is 2. The van der Waals surface area contributed by atoms with Crippen LogP contribution in [0.1, 0.15) is 34.6 Å². The van der Waals surface area contributed by atoms with Gasteiger partial charge >= 0.3 is 6.18 Å². The van der Waals surface area contributed by atoms with Crippen LogP contribution in [0.2, 0.25) is 0 Å². The fourth-order valence-electron chi connectivity index (χ4n) is 3.65. The van der Waals surface area contributed by atoms with Gasteiger partial charge in [0.15, 0.2) is 0 Å². The van der Waals surface area contributed by atoms with Gasteiger partial charge in [-0.25, -0.2) is 0 Å². The SMILES string of the molecule is N#Cc1cc(C(F)(F)F)ccc1Oc1ccc2c(c1)CC[C@H]2C1SC(=O)NC1=O. The number of imide groups is 1. The molecule has 2 aromatic carbocycles. The van der Waals surface area contributed by atoms with Crippen molar-refractivity contribution < 1.29 is 27.5 Å². The number of nitriles is 1. The van der Waals surface area contributed by atoms with Crippen LogP contribution in [0, 0.1) is 11.3 Å². The van der Waals surface area contributed by atoms with Gasteiger partial charge in [0.05, 0.1) is 11.1 Å². The molecule has 29 heavy (non-hydrogen) atoms. The summed E-state index contributed by atoms with van der Waals surface area (Å²) in [4.78, 5) is 23.4. The Morgan fingerprint density at radius 1 is 1.17 bits per heavy atom. The number of halogens is 3. The van der Waals surface area contributed by atoms with E-state index in [1.54, 1.807) is 24.3 Å². The monoisotopic (exact) mass is 418 g/mol. The van der Waals surface area contributed by atoms with E-state index in [2.05, 4.69) is 5.32 Å². The second-order valence-electron chi connectivity index (χ2n) is 6.74. The molecule has 0 saturated carbocycles. The number of amides is 2. The molecule has 0 aromatic heterocycles. The van der Waals surface area contributed by atoms with Crippen LogP contribution in [-0.2, 0) is 17.4 Å². The molecular formula is C20H13F3N2O3S. The number of alkyl halides is 3. The zero-order chi connectivity index (χ0) is 20.8. The average Bonchev–Trinajstić information content (AvgIpc) is 3.22. The molecule has 2 aliphatic rings. The van der Waals surface area contributed by atoms with Gasteiger partial charge in [-0.2, -0.15) is 18.4 Å². The first-order valence-corrected chi connectivity index (χ1v) is 9.58. The van der Waals surface area contributed by atoms with Crippen LogP contribution in [0.5, 0.6) is 11.5 Å². The molecule has 1 aliphatic carbocycles. The Balaban J connectivity index is 1.58. The normalized spacial score (nSPS) is 20.9. The van der Waals surface area contributed by atoms with Gasteiger partial charge in [-0.15, -0.1) is 0 Å². The molecule has 0 radical (unpaired) electrons. The molecular weight excluding hydrogens is 405 g/mol. The number of fused-ring (bicyclic) bond motifs is 1. The van der Waals surface area contributed by atoms with Gasteiger partial charge in [-0.05, 0) is 54.3 Å². The first-order valence-electron chi connectivity index (χ1n) is 8.70. The van der Waals surface area contributed by atoms with E-state index in [0.717, 1.165) is 41.1 Å². The molecule has 1 aliphatic heterocycles. The van der Waals surface area contributed by atoms with Crippen LogP contribution in [0.4, 0.5) is 18.0 Å². The van der Waals surface area contributed by atoms with Crippen LogP contribution in [-0.4, -0.2) is 16.4 Å². The van der Waals surface area contributed by atoms with Crippen molar-refractivity contribution in [1.29, 1.82) is 5.26 Å². The van der Waals surface area contributed by atoms with Crippen molar-refractivity contribution in [1.82, 2.24) is 5.32 Å². The second kappa shape index (κ2) is 7.12. The van der Waals surface area contributed by atoms with Gasteiger partial charge in [0, 0.05) is 5.92 Å². The van der Waals surface area contributed by atoms with E-state index in [9.17, 15) is 28.0 Å². The molecule has 9 heteroatoms. The first kappa shape index (κ1) is 19.3. The molecule has 2 aromatic rings. The largest absolute Gasteiger partial charge is 0.456 e. The quantitative estimate of drug-likeness (QED) is 0.778. The molecule has 1 heterocycles. The van der Waals surface area contributed by atoms with E-state index >= 15 is 0 Å². The lowest BCUT2D eigenvalue weighted by molar-refractivity contribution is -0.137. The predicted octanol–water partition coefficient (Wildman–Crippen LogP) is 4.75. The highest BCUT2D eigenvalue weighted by Crippen LogP contribution is 2.43. The van der Waals surface area contributed by atoms with E-state index in [4.69, 9.17) is 4.74 Å². The van der Waals surface area contributed by atoms with Crippen LogP contribution >= 0.6 is 11.8 Å². The molecule has 1 unspecified atom stereocenters. The summed E-state index contributed by atoms with van der Waals surface area (Å²) in [6.07, 6.45) is -3.15. The molecule has 148 valence electrons. The van der Waals surface area contributed by atoms with E-state index in [-0.39, 0.29) is 28.4 Å². The van der Waals surface area contributed by atoms with Crippen LogP contribution in [0.3, 0.4) is 0 Å². The molecule has 2 atom stereocenters.